The lowest BCUT2D eigenvalue weighted by Gasteiger charge is -2.01. The van der Waals surface area contributed by atoms with Crippen LogP contribution in [0.5, 0.6) is 5.75 Å². The second kappa shape index (κ2) is 7.81. The van der Waals surface area contributed by atoms with Gasteiger partial charge in [-0.25, -0.2) is 13.4 Å². The SMILES string of the molecule is COc1cccc2cc(C(=O)Nc3ncc(S(=O)(=O)c4ccc([N+](=O)[O-])cc4)s3)oc12. The topological polar surface area (TPSA) is 142 Å². The maximum Gasteiger partial charge on any atom is 0.293 e. The van der Waals surface area contributed by atoms with E-state index >= 15 is 0 Å². The standard InChI is InChI=1S/C19H13N3O7S2/c1-28-14-4-2-3-11-9-15(29-17(11)14)18(23)21-19-20-10-16(30-19)31(26,27)13-7-5-12(6-8-13)22(24)25/h2-10H,1H3,(H,20,21,23). The molecule has 0 aliphatic rings. The van der Waals surface area contributed by atoms with Crippen LogP contribution in [0.15, 0.2) is 68.2 Å². The summed E-state index contributed by atoms with van der Waals surface area (Å²) in [5, 5.41) is 14.0. The van der Waals surface area contributed by atoms with Gasteiger partial charge in [-0.3, -0.25) is 20.2 Å². The highest BCUT2D eigenvalue weighted by Gasteiger charge is 2.23. The summed E-state index contributed by atoms with van der Waals surface area (Å²) in [5.41, 5.74) is 0.189. The molecule has 0 saturated carbocycles. The molecule has 1 amide bonds. The van der Waals surface area contributed by atoms with Crippen molar-refractivity contribution < 1.29 is 27.3 Å². The molecule has 158 valence electrons. The number of nitro groups is 1. The summed E-state index contributed by atoms with van der Waals surface area (Å²) in [6.45, 7) is 0. The van der Waals surface area contributed by atoms with Crippen molar-refractivity contribution in [1.82, 2.24) is 4.98 Å². The second-order valence-corrected chi connectivity index (χ2v) is 9.39. The Balaban J connectivity index is 1.56. The van der Waals surface area contributed by atoms with Crippen molar-refractivity contribution in [2.24, 2.45) is 0 Å². The second-order valence-electron chi connectivity index (χ2n) is 6.18. The predicted molar refractivity (Wildman–Crippen MR) is 111 cm³/mol. The number of hydrogen-bond acceptors (Lipinski definition) is 9. The number of nitro benzene ring substituents is 1. The number of anilines is 1. The van der Waals surface area contributed by atoms with Crippen molar-refractivity contribution in [1.29, 1.82) is 0 Å². The fourth-order valence-electron chi connectivity index (χ4n) is 2.77. The van der Waals surface area contributed by atoms with Crippen molar-refractivity contribution in [2.75, 3.05) is 12.4 Å². The van der Waals surface area contributed by atoms with Crippen LogP contribution in [-0.4, -0.2) is 31.3 Å². The number of nitrogens with zero attached hydrogens (tertiary/aromatic N) is 2. The number of non-ortho nitro benzene ring substituents is 1. The van der Waals surface area contributed by atoms with Crippen molar-refractivity contribution >= 4 is 48.9 Å². The molecule has 4 aromatic rings. The number of carbonyl (C=O) groups excluding carboxylic acids is 1. The van der Waals surface area contributed by atoms with Crippen LogP contribution >= 0.6 is 11.3 Å². The summed E-state index contributed by atoms with van der Waals surface area (Å²) < 4.78 is 36.1. The van der Waals surface area contributed by atoms with E-state index in [2.05, 4.69) is 10.3 Å². The van der Waals surface area contributed by atoms with Crippen LogP contribution in [0.4, 0.5) is 10.8 Å². The van der Waals surface area contributed by atoms with Gasteiger partial charge >= 0.3 is 0 Å². The monoisotopic (exact) mass is 459 g/mol. The van der Waals surface area contributed by atoms with Crippen molar-refractivity contribution in [3.8, 4) is 5.75 Å². The molecule has 2 heterocycles. The Labute approximate surface area is 179 Å². The van der Waals surface area contributed by atoms with Gasteiger partial charge in [0, 0.05) is 17.5 Å². The number of para-hydroxylation sites is 1. The van der Waals surface area contributed by atoms with Crippen LogP contribution in [0.25, 0.3) is 11.0 Å². The van der Waals surface area contributed by atoms with E-state index in [1.807, 2.05) is 0 Å². The molecule has 1 N–H and O–H groups in total. The van der Waals surface area contributed by atoms with Gasteiger partial charge in [0.2, 0.25) is 9.84 Å². The quantitative estimate of drug-likeness (QED) is 0.338. The van der Waals surface area contributed by atoms with E-state index in [0.29, 0.717) is 16.7 Å². The fourth-order valence-corrected chi connectivity index (χ4v) is 5.20. The van der Waals surface area contributed by atoms with E-state index < -0.39 is 20.7 Å². The first-order valence-electron chi connectivity index (χ1n) is 8.63. The average molecular weight is 459 g/mol. The number of rotatable bonds is 6. The number of thiazole rings is 1. The van der Waals surface area contributed by atoms with Crippen LogP contribution in [-0.2, 0) is 9.84 Å². The number of ether oxygens (including phenoxy) is 1. The molecule has 0 aliphatic heterocycles. The Hall–Kier alpha value is -3.77. The van der Waals surface area contributed by atoms with E-state index in [1.165, 1.54) is 13.2 Å². The summed E-state index contributed by atoms with van der Waals surface area (Å²) in [6.07, 6.45) is 1.11. The highest BCUT2D eigenvalue weighted by atomic mass is 32.2. The zero-order chi connectivity index (χ0) is 22.2. The Bertz CT molecular complexity index is 1410. The first-order valence-corrected chi connectivity index (χ1v) is 10.9. The predicted octanol–water partition coefficient (Wildman–Crippen LogP) is 3.89. The number of benzene rings is 2. The summed E-state index contributed by atoms with van der Waals surface area (Å²) in [4.78, 5) is 26.5. The number of hydrogen-bond donors (Lipinski definition) is 1. The Kier molecular flexibility index (Phi) is 5.17. The zero-order valence-electron chi connectivity index (χ0n) is 15.8. The molecule has 2 aromatic carbocycles. The van der Waals surface area contributed by atoms with Crippen molar-refractivity contribution in [3.05, 3.63) is 70.6 Å². The first-order chi connectivity index (χ1) is 14.8. The van der Waals surface area contributed by atoms with Gasteiger partial charge in [0.05, 0.1) is 23.1 Å². The molecule has 4 rings (SSSR count). The third-order valence-corrected chi connectivity index (χ3v) is 7.42. The summed E-state index contributed by atoms with van der Waals surface area (Å²) in [5.74, 6) is -0.122. The minimum absolute atomic E-state index is 0.00877. The zero-order valence-corrected chi connectivity index (χ0v) is 17.4. The molecule has 0 spiro atoms. The van der Waals surface area contributed by atoms with Crippen molar-refractivity contribution in [3.63, 3.8) is 0 Å². The Morgan fingerprint density at radius 2 is 1.97 bits per heavy atom. The highest BCUT2D eigenvalue weighted by Crippen LogP contribution is 2.31. The Morgan fingerprint density at radius 1 is 1.23 bits per heavy atom. The van der Waals surface area contributed by atoms with E-state index in [9.17, 15) is 23.3 Å². The molecule has 31 heavy (non-hydrogen) atoms. The van der Waals surface area contributed by atoms with Gasteiger partial charge in [0.15, 0.2) is 22.2 Å². The molecule has 0 unspecified atom stereocenters. The number of carbonyl (C=O) groups is 1. The molecule has 0 bridgehead atoms. The number of aromatic nitrogens is 1. The van der Waals surface area contributed by atoms with Crippen LogP contribution in [0, 0.1) is 10.1 Å². The van der Waals surface area contributed by atoms with Crippen LogP contribution < -0.4 is 10.1 Å². The molecular weight excluding hydrogens is 446 g/mol. The number of methoxy groups -OCH3 is 1. The maximum atomic E-state index is 12.7. The molecule has 12 heteroatoms. The molecule has 10 nitrogen and oxygen atoms in total. The minimum Gasteiger partial charge on any atom is -0.493 e. The first kappa shape index (κ1) is 20.5. The molecule has 0 aliphatic carbocycles. The Morgan fingerprint density at radius 3 is 2.65 bits per heavy atom. The number of sulfone groups is 1. The fraction of sp³-hybridized carbons (Fsp3) is 0.0526. The third-order valence-electron chi connectivity index (χ3n) is 4.28. The molecule has 0 atom stereocenters. The lowest BCUT2D eigenvalue weighted by molar-refractivity contribution is -0.384. The molecule has 2 aromatic heterocycles. The van der Waals surface area contributed by atoms with Crippen molar-refractivity contribution in [2.45, 2.75) is 9.10 Å². The van der Waals surface area contributed by atoms with E-state index in [1.54, 1.807) is 18.2 Å². The normalized spacial score (nSPS) is 11.4. The van der Waals surface area contributed by atoms with Gasteiger partial charge in [-0.1, -0.05) is 23.5 Å². The maximum absolute atomic E-state index is 12.7. The molecule has 0 fully saturated rings. The molecular formula is C19H13N3O7S2. The number of nitrogens with one attached hydrogen (secondary N) is 1. The molecule has 0 radical (unpaired) electrons. The number of amides is 1. The molecule has 0 saturated heterocycles. The lowest BCUT2D eigenvalue weighted by atomic mass is 10.2. The average Bonchev–Trinajstić information content (AvgIpc) is 3.41. The third kappa shape index (κ3) is 3.85. The van der Waals surface area contributed by atoms with E-state index in [4.69, 9.17) is 9.15 Å². The largest absolute Gasteiger partial charge is 0.493 e. The lowest BCUT2D eigenvalue weighted by Crippen LogP contribution is -2.10. The van der Waals surface area contributed by atoms with Gasteiger partial charge in [-0.15, -0.1) is 0 Å². The van der Waals surface area contributed by atoms with Gasteiger partial charge in [-0.2, -0.15) is 0 Å². The summed E-state index contributed by atoms with van der Waals surface area (Å²) in [6, 6.07) is 11.3. The van der Waals surface area contributed by atoms with Crippen LogP contribution in [0.3, 0.4) is 0 Å². The van der Waals surface area contributed by atoms with Gasteiger partial charge < -0.3 is 9.15 Å². The van der Waals surface area contributed by atoms with Gasteiger partial charge in [0.25, 0.3) is 11.6 Å². The summed E-state index contributed by atoms with van der Waals surface area (Å²) >= 11 is 0.751. The van der Waals surface area contributed by atoms with E-state index in [-0.39, 0.29) is 25.7 Å². The number of furan rings is 1. The number of fused-ring (bicyclic) bond motifs is 1. The minimum atomic E-state index is -3.95. The van der Waals surface area contributed by atoms with Crippen LogP contribution in [0.1, 0.15) is 10.6 Å². The van der Waals surface area contributed by atoms with Crippen LogP contribution in [0.2, 0.25) is 0 Å². The summed E-state index contributed by atoms with van der Waals surface area (Å²) in [7, 11) is -2.46. The van der Waals surface area contributed by atoms with Gasteiger partial charge in [-0.05, 0) is 24.3 Å². The van der Waals surface area contributed by atoms with Gasteiger partial charge in [0.1, 0.15) is 4.21 Å². The van der Waals surface area contributed by atoms with E-state index in [0.717, 1.165) is 41.8 Å². The smallest absolute Gasteiger partial charge is 0.293 e. The highest BCUT2D eigenvalue weighted by molar-refractivity contribution is 7.93.